The van der Waals surface area contributed by atoms with Crippen molar-refractivity contribution in [3.8, 4) is 0 Å². The van der Waals surface area contributed by atoms with Gasteiger partial charge in [-0.25, -0.2) is 0 Å². The first-order chi connectivity index (χ1) is 8.09. The summed E-state index contributed by atoms with van der Waals surface area (Å²) in [6.07, 6.45) is -0.0853. The summed E-state index contributed by atoms with van der Waals surface area (Å²) >= 11 is 0. The van der Waals surface area contributed by atoms with Gasteiger partial charge in [0, 0.05) is 0 Å². The van der Waals surface area contributed by atoms with Crippen molar-refractivity contribution < 1.29 is 14.3 Å². The van der Waals surface area contributed by atoms with Gasteiger partial charge in [0.25, 0.3) is 0 Å². The number of rotatable bonds is 6. The summed E-state index contributed by atoms with van der Waals surface area (Å²) in [7, 11) is 0. The maximum atomic E-state index is 11.2. The molecule has 0 spiro atoms. The minimum Gasteiger partial charge on any atom is -0.463 e. The predicted molar refractivity (Wildman–Crippen MR) is 66.5 cm³/mol. The second-order valence-corrected chi connectivity index (χ2v) is 4.39. The highest BCUT2D eigenvalue weighted by molar-refractivity contribution is 5.71. The maximum Gasteiger partial charge on any atom is 0.308 e. The van der Waals surface area contributed by atoms with Crippen LogP contribution >= 0.6 is 0 Å². The van der Waals surface area contributed by atoms with E-state index in [4.69, 9.17) is 9.47 Å². The van der Waals surface area contributed by atoms with Crippen LogP contribution in [0.3, 0.4) is 0 Å². The Balaban J connectivity index is 2.22. The van der Waals surface area contributed by atoms with Crippen LogP contribution in [-0.4, -0.2) is 18.7 Å². The Kier molecular flexibility index (Phi) is 5.70. The quantitative estimate of drug-likeness (QED) is 0.712. The number of hydrogen-bond acceptors (Lipinski definition) is 3. The largest absolute Gasteiger partial charge is 0.463 e. The lowest BCUT2D eigenvalue weighted by Crippen LogP contribution is -2.21. The highest BCUT2D eigenvalue weighted by Gasteiger charge is 2.11. The van der Waals surface area contributed by atoms with Gasteiger partial charge < -0.3 is 9.47 Å². The van der Waals surface area contributed by atoms with Crippen molar-refractivity contribution in [1.82, 2.24) is 0 Å². The van der Waals surface area contributed by atoms with E-state index in [2.05, 4.69) is 0 Å². The lowest BCUT2D eigenvalue weighted by atomic mass is 10.2. The second kappa shape index (κ2) is 7.07. The molecule has 0 aliphatic rings. The van der Waals surface area contributed by atoms with Gasteiger partial charge in [-0.1, -0.05) is 44.2 Å². The monoisotopic (exact) mass is 236 g/mol. The molecule has 94 valence electrons. The summed E-state index contributed by atoms with van der Waals surface area (Å²) in [6.45, 7) is 6.39. The van der Waals surface area contributed by atoms with Crippen LogP contribution in [0, 0.1) is 5.92 Å². The van der Waals surface area contributed by atoms with Crippen molar-refractivity contribution in [1.29, 1.82) is 0 Å². The fourth-order valence-electron chi connectivity index (χ4n) is 1.23. The van der Waals surface area contributed by atoms with Crippen LogP contribution in [0.25, 0.3) is 0 Å². The van der Waals surface area contributed by atoms with Gasteiger partial charge in [-0.2, -0.15) is 0 Å². The molecule has 0 fully saturated rings. The van der Waals surface area contributed by atoms with E-state index in [0.29, 0.717) is 13.2 Å². The maximum absolute atomic E-state index is 11.2. The van der Waals surface area contributed by atoms with Gasteiger partial charge in [-0.3, -0.25) is 4.79 Å². The minimum absolute atomic E-state index is 0.0853. The first kappa shape index (κ1) is 13.7. The topological polar surface area (TPSA) is 35.5 Å². The molecule has 1 unspecified atom stereocenters. The summed E-state index contributed by atoms with van der Waals surface area (Å²) in [5.41, 5.74) is 1.12. The molecule has 0 saturated heterocycles. The molecule has 0 heterocycles. The molecule has 1 rings (SSSR count). The molecule has 0 aliphatic heterocycles. The number of hydrogen-bond donors (Lipinski definition) is 0. The van der Waals surface area contributed by atoms with E-state index in [1.807, 2.05) is 51.1 Å². The lowest BCUT2D eigenvalue weighted by molar-refractivity contribution is -0.151. The predicted octanol–water partition coefficient (Wildman–Crippen LogP) is 2.79. The second-order valence-electron chi connectivity index (χ2n) is 4.39. The molecule has 1 aromatic carbocycles. The third kappa shape index (κ3) is 5.50. The fraction of sp³-hybridized carbons (Fsp3) is 0.500. The van der Waals surface area contributed by atoms with Gasteiger partial charge in [0.1, 0.15) is 6.61 Å². The molecule has 17 heavy (non-hydrogen) atoms. The summed E-state index contributed by atoms with van der Waals surface area (Å²) in [5, 5.41) is 0. The zero-order valence-corrected chi connectivity index (χ0v) is 10.7. The molecule has 1 aromatic rings. The molecule has 1 atom stereocenters. The average Bonchev–Trinajstić information content (AvgIpc) is 2.34. The summed E-state index contributed by atoms with van der Waals surface area (Å²) in [4.78, 5) is 11.2. The van der Waals surface area contributed by atoms with Gasteiger partial charge in [0.15, 0.2) is 0 Å². The van der Waals surface area contributed by atoms with Crippen LogP contribution in [0.15, 0.2) is 30.3 Å². The van der Waals surface area contributed by atoms with Crippen molar-refractivity contribution in [2.75, 3.05) is 6.61 Å². The molecule has 0 aromatic heterocycles. The number of carbonyl (C=O) groups is 1. The Morgan fingerprint density at radius 1 is 1.18 bits per heavy atom. The zero-order chi connectivity index (χ0) is 12.7. The van der Waals surface area contributed by atoms with Crippen LogP contribution in [0.4, 0.5) is 0 Å². The van der Waals surface area contributed by atoms with E-state index in [9.17, 15) is 4.79 Å². The van der Waals surface area contributed by atoms with Crippen molar-refractivity contribution >= 4 is 5.97 Å². The molecule has 0 amide bonds. The first-order valence-corrected chi connectivity index (χ1v) is 5.91. The van der Waals surface area contributed by atoms with Crippen molar-refractivity contribution in [2.45, 2.75) is 33.5 Å². The normalized spacial score (nSPS) is 12.5. The lowest BCUT2D eigenvalue weighted by Gasteiger charge is -2.14. The van der Waals surface area contributed by atoms with Gasteiger partial charge in [0.05, 0.1) is 18.6 Å². The van der Waals surface area contributed by atoms with E-state index >= 15 is 0 Å². The van der Waals surface area contributed by atoms with Crippen molar-refractivity contribution in [2.24, 2.45) is 5.92 Å². The molecule has 0 bridgehead atoms. The Hall–Kier alpha value is -1.35. The Bertz CT molecular complexity index is 333. The fourth-order valence-corrected chi connectivity index (χ4v) is 1.23. The van der Waals surface area contributed by atoms with Gasteiger partial charge in [-0.05, 0) is 12.5 Å². The van der Waals surface area contributed by atoms with Gasteiger partial charge >= 0.3 is 5.97 Å². The minimum atomic E-state index is -0.180. The Morgan fingerprint density at radius 3 is 2.41 bits per heavy atom. The van der Waals surface area contributed by atoms with Crippen LogP contribution in [0.5, 0.6) is 0 Å². The van der Waals surface area contributed by atoms with E-state index in [0.717, 1.165) is 5.56 Å². The van der Waals surface area contributed by atoms with E-state index < -0.39 is 0 Å². The standard InChI is InChI=1S/C14H20O3/c1-11(2)14(15)17-9-12(3)16-10-13-7-5-4-6-8-13/h4-8,11-12H,9-10H2,1-3H3. The highest BCUT2D eigenvalue weighted by Crippen LogP contribution is 2.04. The smallest absolute Gasteiger partial charge is 0.308 e. The molecule has 0 N–H and O–H groups in total. The van der Waals surface area contributed by atoms with Crippen molar-refractivity contribution in [3.05, 3.63) is 35.9 Å². The molecule has 0 saturated carbocycles. The highest BCUT2D eigenvalue weighted by atomic mass is 16.6. The SMILES string of the molecule is CC(COC(=O)C(C)C)OCc1ccccc1. The van der Waals surface area contributed by atoms with E-state index in [-0.39, 0.29) is 18.0 Å². The number of ether oxygens (including phenoxy) is 2. The Morgan fingerprint density at radius 2 is 1.82 bits per heavy atom. The average molecular weight is 236 g/mol. The number of carbonyl (C=O) groups excluding carboxylic acids is 1. The molecule has 3 heteroatoms. The van der Waals surface area contributed by atoms with Gasteiger partial charge in [-0.15, -0.1) is 0 Å². The summed E-state index contributed by atoms with van der Waals surface area (Å²) in [5.74, 6) is -0.267. The third-order valence-corrected chi connectivity index (χ3v) is 2.31. The number of benzene rings is 1. The first-order valence-electron chi connectivity index (χ1n) is 5.91. The van der Waals surface area contributed by atoms with Crippen LogP contribution in [0.2, 0.25) is 0 Å². The molecular formula is C14H20O3. The summed E-state index contributed by atoms with van der Waals surface area (Å²) < 4.78 is 10.7. The third-order valence-electron chi connectivity index (χ3n) is 2.31. The van der Waals surface area contributed by atoms with Gasteiger partial charge in [0.2, 0.25) is 0 Å². The molecular weight excluding hydrogens is 216 g/mol. The van der Waals surface area contributed by atoms with Crippen molar-refractivity contribution in [3.63, 3.8) is 0 Å². The van der Waals surface area contributed by atoms with Crippen LogP contribution in [-0.2, 0) is 20.9 Å². The summed E-state index contributed by atoms with van der Waals surface area (Å²) in [6, 6.07) is 9.93. The van der Waals surface area contributed by atoms with Crippen LogP contribution in [0.1, 0.15) is 26.3 Å². The molecule has 0 radical (unpaired) electrons. The zero-order valence-electron chi connectivity index (χ0n) is 10.7. The molecule has 3 nitrogen and oxygen atoms in total. The number of esters is 1. The van der Waals surface area contributed by atoms with Crippen LogP contribution < -0.4 is 0 Å². The molecule has 0 aliphatic carbocycles. The van der Waals surface area contributed by atoms with E-state index in [1.54, 1.807) is 0 Å². The van der Waals surface area contributed by atoms with E-state index in [1.165, 1.54) is 0 Å². The Labute approximate surface area is 103 Å².